The number of benzene rings is 2. The van der Waals surface area contributed by atoms with Crippen molar-refractivity contribution in [3.8, 4) is 5.75 Å². The molecule has 5 nitrogen and oxygen atoms in total. The Kier molecular flexibility index (Phi) is 5.01. The van der Waals surface area contributed by atoms with Gasteiger partial charge in [-0.25, -0.2) is 4.79 Å². The minimum atomic E-state index is -1.07. The van der Waals surface area contributed by atoms with Crippen LogP contribution in [0.15, 0.2) is 36.4 Å². The van der Waals surface area contributed by atoms with Gasteiger partial charge in [-0.2, -0.15) is 0 Å². The molecule has 0 radical (unpaired) electrons. The second-order valence-corrected chi connectivity index (χ2v) is 5.34. The lowest BCUT2D eigenvalue weighted by Crippen LogP contribution is -2.23. The Hall–Kier alpha value is -2.82. The third-order valence-corrected chi connectivity index (χ3v) is 3.57. The molecular weight excluding hydrogens is 294 g/mol. The van der Waals surface area contributed by atoms with Gasteiger partial charge < -0.3 is 15.2 Å². The summed E-state index contributed by atoms with van der Waals surface area (Å²) in [5.41, 5.74) is 3.39. The van der Waals surface area contributed by atoms with Crippen molar-refractivity contribution in [3.63, 3.8) is 0 Å². The topological polar surface area (TPSA) is 75.6 Å². The maximum Gasteiger partial charge on any atom is 0.339 e. The summed E-state index contributed by atoms with van der Waals surface area (Å²) in [5.74, 6) is -0.957. The number of hydrogen-bond donors (Lipinski definition) is 2. The van der Waals surface area contributed by atoms with Gasteiger partial charge in [-0.15, -0.1) is 0 Å². The molecule has 0 aliphatic rings. The molecule has 0 unspecified atom stereocenters. The van der Waals surface area contributed by atoms with Crippen molar-refractivity contribution in [1.82, 2.24) is 5.32 Å². The summed E-state index contributed by atoms with van der Waals surface area (Å²) in [4.78, 5) is 23.4. The lowest BCUT2D eigenvalue weighted by atomic mass is 10.0. The highest BCUT2D eigenvalue weighted by Gasteiger charge is 2.13. The largest absolute Gasteiger partial charge is 0.496 e. The molecule has 0 spiro atoms. The van der Waals surface area contributed by atoms with E-state index in [1.807, 2.05) is 26.0 Å². The van der Waals surface area contributed by atoms with Crippen LogP contribution in [0.3, 0.4) is 0 Å². The second kappa shape index (κ2) is 6.96. The molecule has 23 heavy (non-hydrogen) atoms. The van der Waals surface area contributed by atoms with Crippen molar-refractivity contribution in [2.75, 3.05) is 7.11 Å². The molecule has 5 heteroatoms. The van der Waals surface area contributed by atoms with E-state index in [4.69, 9.17) is 4.74 Å². The summed E-state index contributed by atoms with van der Waals surface area (Å²) in [5, 5.41) is 12.0. The van der Waals surface area contributed by atoms with Gasteiger partial charge in [-0.05, 0) is 43.2 Å². The van der Waals surface area contributed by atoms with Gasteiger partial charge in [0.25, 0.3) is 5.91 Å². The highest BCUT2D eigenvalue weighted by Crippen LogP contribution is 2.20. The third kappa shape index (κ3) is 3.88. The molecule has 0 atom stereocenters. The van der Waals surface area contributed by atoms with Crippen molar-refractivity contribution < 1.29 is 19.4 Å². The van der Waals surface area contributed by atoms with Crippen LogP contribution in [-0.2, 0) is 6.54 Å². The van der Waals surface area contributed by atoms with E-state index in [-0.39, 0.29) is 18.0 Å². The quantitative estimate of drug-likeness (QED) is 0.890. The fourth-order valence-corrected chi connectivity index (χ4v) is 2.38. The average molecular weight is 313 g/mol. The number of methoxy groups -OCH3 is 1. The van der Waals surface area contributed by atoms with Crippen LogP contribution in [0.1, 0.15) is 37.4 Å². The number of carboxylic acid groups (broad SMARTS) is 1. The van der Waals surface area contributed by atoms with E-state index in [0.717, 1.165) is 11.1 Å². The van der Waals surface area contributed by atoms with Gasteiger partial charge in [-0.3, -0.25) is 4.79 Å². The number of amides is 1. The Morgan fingerprint density at radius 1 is 1.09 bits per heavy atom. The van der Waals surface area contributed by atoms with Gasteiger partial charge in [0.05, 0.1) is 7.11 Å². The first-order chi connectivity index (χ1) is 10.9. The van der Waals surface area contributed by atoms with Crippen LogP contribution in [0.4, 0.5) is 0 Å². The van der Waals surface area contributed by atoms with Crippen LogP contribution < -0.4 is 10.1 Å². The second-order valence-electron chi connectivity index (χ2n) is 5.34. The Labute approximate surface area is 134 Å². The zero-order valence-electron chi connectivity index (χ0n) is 13.3. The van der Waals surface area contributed by atoms with Crippen LogP contribution >= 0.6 is 0 Å². The number of nitrogens with one attached hydrogen (secondary N) is 1. The van der Waals surface area contributed by atoms with E-state index in [1.54, 1.807) is 18.2 Å². The van der Waals surface area contributed by atoms with Crippen molar-refractivity contribution in [1.29, 1.82) is 0 Å². The Balaban J connectivity index is 2.13. The number of carbonyl (C=O) groups excluding carboxylic acids is 1. The molecular formula is C18H19NO4. The van der Waals surface area contributed by atoms with Crippen molar-refractivity contribution in [3.05, 3.63) is 64.2 Å². The fourth-order valence-electron chi connectivity index (χ4n) is 2.38. The van der Waals surface area contributed by atoms with E-state index in [9.17, 15) is 14.7 Å². The molecule has 0 bridgehead atoms. The molecule has 2 aromatic carbocycles. The summed E-state index contributed by atoms with van der Waals surface area (Å²) in [6, 6.07) is 10.4. The van der Waals surface area contributed by atoms with Crippen LogP contribution in [0.2, 0.25) is 0 Å². The molecule has 0 heterocycles. The lowest BCUT2D eigenvalue weighted by molar-refractivity contribution is 0.0693. The van der Waals surface area contributed by atoms with Gasteiger partial charge in [0.15, 0.2) is 0 Å². The van der Waals surface area contributed by atoms with E-state index < -0.39 is 5.97 Å². The predicted molar refractivity (Wildman–Crippen MR) is 87.0 cm³/mol. The first-order valence-corrected chi connectivity index (χ1v) is 7.18. The van der Waals surface area contributed by atoms with E-state index in [2.05, 4.69) is 5.32 Å². The van der Waals surface area contributed by atoms with Crippen LogP contribution in [0.25, 0.3) is 0 Å². The molecule has 0 aromatic heterocycles. The molecule has 0 aliphatic carbocycles. The van der Waals surface area contributed by atoms with Crippen LogP contribution in [0.5, 0.6) is 5.75 Å². The number of carboxylic acids is 1. The van der Waals surface area contributed by atoms with Gasteiger partial charge in [0, 0.05) is 12.1 Å². The first kappa shape index (κ1) is 16.5. The summed E-state index contributed by atoms with van der Waals surface area (Å²) < 4.78 is 5.02. The first-order valence-electron chi connectivity index (χ1n) is 7.18. The summed E-state index contributed by atoms with van der Waals surface area (Å²) in [6.45, 7) is 4.10. The Bertz CT molecular complexity index is 753. The molecule has 120 valence electrons. The molecule has 0 fully saturated rings. The lowest BCUT2D eigenvalue weighted by Gasteiger charge is -2.10. The standard InChI is InChI=1S/C18H19NO4/c1-11-4-6-14(12(2)8-11)17(20)19-10-13-5-7-16(23-3)15(9-13)18(21)22/h4-9H,10H2,1-3H3,(H,19,20)(H,21,22). The third-order valence-electron chi connectivity index (χ3n) is 3.57. The van der Waals surface area contributed by atoms with Gasteiger partial charge in [-0.1, -0.05) is 23.8 Å². The summed E-state index contributed by atoms with van der Waals surface area (Å²) in [6.07, 6.45) is 0. The van der Waals surface area contributed by atoms with E-state index in [1.165, 1.54) is 13.2 Å². The highest BCUT2D eigenvalue weighted by molar-refractivity contribution is 5.95. The number of aromatic carboxylic acids is 1. The molecule has 0 aliphatic heterocycles. The average Bonchev–Trinajstić information content (AvgIpc) is 2.52. The molecule has 0 saturated carbocycles. The molecule has 2 rings (SSSR count). The number of ether oxygens (including phenoxy) is 1. The molecule has 1 amide bonds. The van der Waals surface area contributed by atoms with Gasteiger partial charge >= 0.3 is 5.97 Å². The SMILES string of the molecule is COc1ccc(CNC(=O)c2ccc(C)cc2C)cc1C(=O)O. The smallest absolute Gasteiger partial charge is 0.339 e. The Morgan fingerprint density at radius 2 is 1.83 bits per heavy atom. The van der Waals surface area contributed by atoms with Crippen molar-refractivity contribution >= 4 is 11.9 Å². The Morgan fingerprint density at radius 3 is 2.43 bits per heavy atom. The zero-order chi connectivity index (χ0) is 17.0. The van der Waals surface area contributed by atoms with Gasteiger partial charge in [0.1, 0.15) is 11.3 Å². The summed E-state index contributed by atoms with van der Waals surface area (Å²) >= 11 is 0. The highest BCUT2D eigenvalue weighted by atomic mass is 16.5. The minimum absolute atomic E-state index is 0.0748. The van der Waals surface area contributed by atoms with Crippen LogP contribution in [0, 0.1) is 13.8 Å². The number of rotatable bonds is 5. The van der Waals surface area contributed by atoms with Crippen molar-refractivity contribution in [2.45, 2.75) is 20.4 Å². The number of carbonyl (C=O) groups is 2. The molecule has 0 saturated heterocycles. The monoisotopic (exact) mass is 313 g/mol. The number of hydrogen-bond acceptors (Lipinski definition) is 3. The zero-order valence-corrected chi connectivity index (χ0v) is 13.3. The maximum absolute atomic E-state index is 12.2. The van der Waals surface area contributed by atoms with E-state index >= 15 is 0 Å². The number of aryl methyl sites for hydroxylation is 2. The minimum Gasteiger partial charge on any atom is -0.496 e. The molecule has 2 N–H and O–H groups in total. The van der Waals surface area contributed by atoms with Gasteiger partial charge in [0.2, 0.25) is 0 Å². The maximum atomic E-state index is 12.2. The molecule has 2 aromatic rings. The predicted octanol–water partition coefficient (Wildman–Crippen LogP) is 2.94. The van der Waals surface area contributed by atoms with Crippen molar-refractivity contribution in [2.24, 2.45) is 0 Å². The van der Waals surface area contributed by atoms with E-state index in [0.29, 0.717) is 16.9 Å². The fraction of sp³-hybridized carbons (Fsp3) is 0.222. The van der Waals surface area contributed by atoms with Crippen LogP contribution in [-0.4, -0.2) is 24.1 Å². The normalized spacial score (nSPS) is 10.2. The summed E-state index contributed by atoms with van der Waals surface area (Å²) in [7, 11) is 1.42.